The van der Waals surface area contributed by atoms with E-state index in [1.54, 1.807) is 12.5 Å². The molecular formula is C12H20N6. The van der Waals surface area contributed by atoms with Crippen molar-refractivity contribution in [2.24, 2.45) is 0 Å². The Balaban J connectivity index is 2.16. The Morgan fingerprint density at radius 1 is 1.39 bits per heavy atom. The highest BCUT2D eigenvalue weighted by molar-refractivity contribution is 5.01. The molecule has 0 bridgehead atoms. The van der Waals surface area contributed by atoms with Crippen molar-refractivity contribution in [2.45, 2.75) is 39.3 Å². The van der Waals surface area contributed by atoms with Gasteiger partial charge in [0.15, 0.2) is 0 Å². The summed E-state index contributed by atoms with van der Waals surface area (Å²) in [6.07, 6.45) is 6.00. The van der Waals surface area contributed by atoms with E-state index in [0.717, 1.165) is 24.6 Å². The standard InChI is InChI=1S/C12H20N6/c1-4-13-10(12-14-5-6-15-12)7-11-16-8-17-18(11)9(2)3/h5-6,8-10,13H,4,7H2,1-3H3,(H,14,15). The first-order valence-corrected chi connectivity index (χ1v) is 6.33. The number of likely N-dealkylation sites (N-methyl/N-ethyl adjacent to an activating group) is 1. The molecular weight excluding hydrogens is 228 g/mol. The third-order valence-electron chi connectivity index (χ3n) is 2.82. The van der Waals surface area contributed by atoms with Crippen LogP contribution in [0.25, 0.3) is 0 Å². The highest BCUT2D eigenvalue weighted by Crippen LogP contribution is 2.15. The van der Waals surface area contributed by atoms with Gasteiger partial charge in [-0.05, 0) is 20.4 Å². The second-order valence-corrected chi connectivity index (χ2v) is 4.50. The van der Waals surface area contributed by atoms with Gasteiger partial charge in [-0.25, -0.2) is 14.6 Å². The molecule has 0 fully saturated rings. The SMILES string of the molecule is CCNC(Cc1ncnn1C(C)C)c1ncc[nH]1. The van der Waals surface area contributed by atoms with E-state index in [9.17, 15) is 0 Å². The normalized spacial score (nSPS) is 13.1. The Morgan fingerprint density at radius 3 is 2.83 bits per heavy atom. The van der Waals surface area contributed by atoms with Gasteiger partial charge in [-0.1, -0.05) is 6.92 Å². The zero-order valence-corrected chi connectivity index (χ0v) is 11.1. The van der Waals surface area contributed by atoms with Crippen LogP contribution in [-0.4, -0.2) is 31.3 Å². The largest absolute Gasteiger partial charge is 0.347 e. The Kier molecular flexibility index (Phi) is 4.09. The third kappa shape index (κ3) is 2.76. The summed E-state index contributed by atoms with van der Waals surface area (Å²) in [7, 11) is 0. The van der Waals surface area contributed by atoms with Crippen molar-refractivity contribution >= 4 is 0 Å². The highest BCUT2D eigenvalue weighted by Gasteiger charge is 2.17. The predicted molar refractivity (Wildman–Crippen MR) is 69.1 cm³/mol. The van der Waals surface area contributed by atoms with Crippen LogP contribution < -0.4 is 5.32 Å². The van der Waals surface area contributed by atoms with Crippen LogP contribution in [0.3, 0.4) is 0 Å². The first-order valence-electron chi connectivity index (χ1n) is 6.33. The second kappa shape index (κ2) is 5.77. The molecule has 0 aliphatic heterocycles. The Hall–Kier alpha value is -1.69. The average molecular weight is 248 g/mol. The van der Waals surface area contributed by atoms with E-state index in [4.69, 9.17) is 0 Å². The summed E-state index contributed by atoms with van der Waals surface area (Å²) >= 11 is 0. The van der Waals surface area contributed by atoms with Gasteiger partial charge in [0.2, 0.25) is 0 Å². The first-order chi connectivity index (χ1) is 8.72. The fourth-order valence-corrected chi connectivity index (χ4v) is 2.01. The minimum Gasteiger partial charge on any atom is -0.347 e. The molecule has 0 saturated carbocycles. The fourth-order valence-electron chi connectivity index (χ4n) is 2.01. The molecule has 2 rings (SSSR count). The maximum atomic E-state index is 4.34. The lowest BCUT2D eigenvalue weighted by Crippen LogP contribution is -2.25. The number of rotatable bonds is 6. The zero-order chi connectivity index (χ0) is 13.0. The van der Waals surface area contributed by atoms with Gasteiger partial charge in [0.25, 0.3) is 0 Å². The van der Waals surface area contributed by atoms with Crippen LogP contribution in [-0.2, 0) is 6.42 Å². The van der Waals surface area contributed by atoms with Crippen LogP contribution in [0, 0.1) is 0 Å². The van der Waals surface area contributed by atoms with E-state index in [0.29, 0.717) is 6.04 Å². The molecule has 6 heteroatoms. The van der Waals surface area contributed by atoms with Gasteiger partial charge in [0.1, 0.15) is 18.0 Å². The first kappa shape index (κ1) is 12.8. The highest BCUT2D eigenvalue weighted by atomic mass is 15.3. The summed E-state index contributed by atoms with van der Waals surface area (Å²) in [6.45, 7) is 7.19. The topological polar surface area (TPSA) is 71.4 Å². The summed E-state index contributed by atoms with van der Waals surface area (Å²) < 4.78 is 1.95. The zero-order valence-electron chi connectivity index (χ0n) is 11.1. The van der Waals surface area contributed by atoms with E-state index >= 15 is 0 Å². The molecule has 0 amide bonds. The lowest BCUT2D eigenvalue weighted by atomic mass is 10.2. The molecule has 0 aliphatic rings. The number of nitrogens with zero attached hydrogens (tertiary/aromatic N) is 4. The summed E-state index contributed by atoms with van der Waals surface area (Å²) in [5.41, 5.74) is 0. The number of aromatic amines is 1. The van der Waals surface area contributed by atoms with Crippen molar-refractivity contribution < 1.29 is 0 Å². The van der Waals surface area contributed by atoms with Crippen LogP contribution in [0.2, 0.25) is 0 Å². The van der Waals surface area contributed by atoms with E-state index in [-0.39, 0.29) is 6.04 Å². The van der Waals surface area contributed by atoms with Gasteiger partial charge >= 0.3 is 0 Å². The Labute approximate surface area is 107 Å². The maximum absolute atomic E-state index is 4.34. The van der Waals surface area contributed by atoms with Crippen LogP contribution >= 0.6 is 0 Å². The van der Waals surface area contributed by atoms with Crippen LogP contribution in [0.4, 0.5) is 0 Å². The van der Waals surface area contributed by atoms with Crippen molar-refractivity contribution in [3.8, 4) is 0 Å². The molecule has 0 aliphatic carbocycles. The number of hydrogen-bond acceptors (Lipinski definition) is 4. The summed E-state index contributed by atoms with van der Waals surface area (Å²) in [5, 5.41) is 7.67. The van der Waals surface area contributed by atoms with Gasteiger partial charge < -0.3 is 10.3 Å². The molecule has 98 valence electrons. The number of nitrogens with one attached hydrogen (secondary N) is 2. The van der Waals surface area contributed by atoms with Crippen molar-refractivity contribution in [1.29, 1.82) is 0 Å². The Morgan fingerprint density at radius 2 is 2.22 bits per heavy atom. The number of H-pyrrole nitrogens is 1. The average Bonchev–Trinajstić information content (AvgIpc) is 2.99. The summed E-state index contributed by atoms with van der Waals surface area (Å²) in [4.78, 5) is 11.8. The molecule has 0 saturated heterocycles. The smallest absolute Gasteiger partial charge is 0.138 e. The molecule has 0 radical (unpaired) electrons. The number of aromatic nitrogens is 5. The minimum atomic E-state index is 0.145. The molecule has 6 nitrogen and oxygen atoms in total. The molecule has 2 aromatic rings. The van der Waals surface area contributed by atoms with Gasteiger partial charge in [0, 0.05) is 24.9 Å². The van der Waals surface area contributed by atoms with E-state index in [1.165, 1.54) is 0 Å². The quantitative estimate of drug-likeness (QED) is 0.812. The summed E-state index contributed by atoms with van der Waals surface area (Å²) in [5.74, 6) is 1.92. The van der Waals surface area contributed by atoms with Gasteiger partial charge in [-0.2, -0.15) is 5.10 Å². The monoisotopic (exact) mass is 248 g/mol. The molecule has 0 aromatic carbocycles. The number of hydrogen-bond donors (Lipinski definition) is 2. The molecule has 1 atom stereocenters. The summed E-state index contributed by atoms with van der Waals surface area (Å²) in [6, 6.07) is 0.466. The maximum Gasteiger partial charge on any atom is 0.138 e. The van der Waals surface area contributed by atoms with Crippen LogP contribution in [0.1, 0.15) is 44.5 Å². The van der Waals surface area contributed by atoms with E-state index < -0.39 is 0 Å². The van der Waals surface area contributed by atoms with E-state index in [2.05, 4.69) is 46.1 Å². The molecule has 2 aromatic heterocycles. The minimum absolute atomic E-state index is 0.145. The lowest BCUT2D eigenvalue weighted by Gasteiger charge is -2.16. The second-order valence-electron chi connectivity index (χ2n) is 4.50. The molecule has 1 unspecified atom stereocenters. The Bertz CT molecular complexity index is 459. The number of imidazole rings is 1. The predicted octanol–water partition coefficient (Wildman–Crippen LogP) is 1.48. The van der Waals surface area contributed by atoms with Crippen LogP contribution in [0.5, 0.6) is 0 Å². The molecule has 18 heavy (non-hydrogen) atoms. The van der Waals surface area contributed by atoms with Crippen LogP contribution in [0.15, 0.2) is 18.7 Å². The van der Waals surface area contributed by atoms with Gasteiger partial charge in [0.05, 0.1) is 6.04 Å². The molecule has 2 N–H and O–H groups in total. The van der Waals surface area contributed by atoms with Crippen molar-refractivity contribution in [1.82, 2.24) is 30.0 Å². The van der Waals surface area contributed by atoms with Crippen molar-refractivity contribution in [3.05, 3.63) is 30.4 Å². The van der Waals surface area contributed by atoms with Crippen molar-refractivity contribution in [3.63, 3.8) is 0 Å². The third-order valence-corrected chi connectivity index (χ3v) is 2.82. The van der Waals surface area contributed by atoms with Gasteiger partial charge in [-0.3, -0.25) is 0 Å². The molecule has 2 heterocycles. The van der Waals surface area contributed by atoms with Gasteiger partial charge in [-0.15, -0.1) is 0 Å². The fraction of sp³-hybridized carbons (Fsp3) is 0.583. The van der Waals surface area contributed by atoms with E-state index in [1.807, 2.05) is 10.9 Å². The van der Waals surface area contributed by atoms with Crippen molar-refractivity contribution in [2.75, 3.05) is 6.54 Å². The lowest BCUT2D eigenvalue weighted by molar-refractivity contribution is 0.460. The molecule has 0 spiro atoms.